The maximum absolute atomic E-state index is 12.2. The number of hydrogen-bond acceptors (Lipinski definition) is 2. The molecule has 0 spiro atoms. The second kappa shape index (κ2) is 6.84. The molecule has 2 aromatic rings. The summed E-state index contributed by atoms with van der Waals surface area (Å²) in [5, 5.41) is 11.7. The predicted octanol–water partition coefficient (Wildman–Crippen LogP) is 4.01. The fraction of sp³-hybridized carbons (Fsp3) is 0.222. The number of benzene rings is 2. The molecule has 2 aromatic carbocycles. The smallest absolute Gasteiger partial charge is 0.255 e. The summed E-state index contributed by atoms with van der Waals surface area (Å²) in [4.78, 5) is 14.3. The Bertz CT molecular complexity index is 704. The van der Waals surface area contributed by atoms with E-state index in [4.69, 9.17) is 17.0 Å². The number of nitrogens with zero attached hydrogens (tertiary/aromatic N) is 1. The van der Waals surface area contributed by atoms with Crippen molar-refractivity contribution in [2.24, 2.45) is 0 Å². The van der Waals surface area contributed by atoms with Crippen molar-refractivity contribution in [1.82, 2.24) is 4.90 Å². The van der Waals surface area contributed by atoms with E-state index in [1.165, 1.54) is 0 Å². The molecule has 5 heteroatoms. The third kappa shape index (κ3) is 3.71. The summed E-state index contributed by atoms with van der Waals surface area (Å²) in [6.07, 6.45) is 2.29. The number of halogens is 1. The average molecular weight is 328 g/mol. The summed E-state index contributed by atoms with van der Waals surface area (Å²) < 4.78 is 0. The zero-order valence-electron chi connectivity index (χ0n) is 12.7. The molecule has 1 heterocycles. The van der Waals surface area contributed by atoms with E-state index in [9.17, 15) is 4.79 Å². The monoisotopic (exact) mass is 327 g/mol. The fourth-order valence-electron chi connectivity index (χ4n) is 2.64. The molecule has 0 bridgehead atoms. The number of nitrogens with one attached hydrogen (secondary N) is 2. The van der Waals surface area contributed by atoms with Crippen molar-refractivity contribution < 1.29 is 4.79 Å². The number of hydrogen-bond donors (Lipinski definition) is 2. The number of anilines is 1. The van der Waals surface area contributed by atoms with Crippen LogP contribution in [0.4, 0.5) is 5.69 Å². The van der Waals surface area contributed by atoms with Gasteiger partial charge in [0.25, 0.3) is 5.91 Å². The highest BCUT2D eigenvalue weighted by molar-refractivity contribution is 6.30. The van der Waals surface area contributed by atoms with E-state index >= 15 is 0 Å². The minimum atomic E-state index is -0.174. The molecular weight excluding hydrogens is 310 g/mol. The van der Waals surface area contributed by atoms with Crippen LogP contribution in [-0.4, -0.2) is 29.7 Å². The zero-order chi connectivity index (χ0) is 16.2. The van der Waals surface area contributed by atoms with Gasteiger partial charge in [-0.1, -0.05) is 23.7 Å². The van der Waals surface area contributed by atoms with Crippen molar-refractivity contribution in [3.05, 3.63) is 64.7 Å². The van der Waals surface area contributed by atoms with Gasteiger partial charge in [-0.25, -0.2) is 0 Å². The largest absolute Gasteiger partial charge is 0.357 e. The van der Waals surface area contributed by atoms with Crippen molar-refractivity contribution in [3.8, 4) is 0 Å². The third-order valence-corrected chi connectivity index (χ3v) is 4.20. The van der Waals surface area contributed by atoms with Crippen molar-refractivity contribution in [1.29, 1.82) is 5.41 Å². The van der Waals surface area contributed by atoms with Crippen LogP contribution >= 0.6 is 11.6 Å². The van der Waals surface area contributed by atoms with E-state index in [-0.39, 0.29) is 5.91 Å². The number of carbonyl (C=O) groups excluding carboxylic acids is 1. The standard InChI is InChI=1S/C18H18ClN3O/c19-15-7-9-16(10-8-15)21-18(23)14-5-3-13(4-6-14)17(20)22-11-1-2-12-22/h3-10,20H,1-2,11-12H2,(H,21,23). The molecule has 3 rings (SSSR count). The van der Waals surface area contributed by atoms with E-state index in [2.05, 4.69) is 10.2 Å². The summed E-state index contributed by atoms with van der Waals surface area (Å²) >= 11 is 5.83. The second-order valence-corrected chi connectivity index (χ2v) is 6.02. The van der Waals surface area contributed by atoms with Gasteiger partial charge in [-0.15, -0.1) is 0 Å². The van der Waals surface area contributed by atoms with Crippen LogP contribution in [0.5, 0.6) is 0 Å². The molecule has 4 nitrogen and oxygen atoms in total. The lowest BCUT2D eigenvalue weighted by Gasteiger charge is -2.18. The molecule has 0 unspecified atom stereocenters. The minimum absolute atomic E-state index is 0.174. The molecular formula is C18H18ClN3O. The Hall–Kier alpha value is -2.33. The second-order valence-electron chi connectivity index (χ2n) is 5.58. The highest BCUT2D eigenvalue weighted by Crippen LogP contribution is 2.16. The SMILES string of the molecule is N=C(c1ccc(C(=O)Nc2ccc(Cl)cc2)cc1)N1CCCC1. The molecule has 0 aliphatic carbocycles. The van der Waals surface area contributed by atoms with Crippen molar-refractivity contribution >= 4 is 29.0 Å². The summed E-state index contributed by atoms with van der Waals surface area (Å²) in [6, 6.07) is 14.2. The number of amides is 1. The first-order valence-electron chi connectivity index (χ1n) is 7.64. The molecule has 1 saturated heterocycles. The van der Waals surface area contributed by atoms with E-state index in [0.29, 0.717) is 22.1 Å². The van der Waals surface area contributed by atoms with Crippen LogP contribution in [0.3, 0.4) is 0 Å². The van der Waals surface area contributed by atoms with Gasteiger partial charge in [0.1, 0.15) is 5.84 Å². The fourth-order valence-corrected chi connectivity index (χ4v) is 2.77. The Morgan fingerprint density at radius 1 is 0.957 bits per heavy atom. The van der Waals surface area contributed by atoms with Crippen molar-refractivity contribution in [2.75, 3.05) is 18.4 Å². The average Bonchev–Trinajstić information content (AvgIpc) is 3.11. The topological polar surface area (TPSA) is 56.2 Å². The van der Waals surface area contributed by atoms with Crippen LogP contribution in [0.25, 0.3) is 0 Å². The van der Waals surface area contributed by atoms with Gasteiger partial charge in [0.15, 0.2) is 0 Å². The first-order chi connectivity index (χ1) is 11.1. The maximum atomic E-state index is 12.2. The van der Waals surface area contributed by atoms with E-state index in [1.54, 1.807) is 36.4 Å². The minimum Gasteiger partial charge on any atom is -0.357 e. The lowest BCUT2D eigenvalue weighted by atomic mass is 10.1. The van der Waals surface area contributed by atoms with Crippen LogP contribution < -0.4 is 5.32 Å². The number of likely N-dealkylation sites (tertiary alicyclic amines) is 1. The number of carbonyl (C=O) groups is 1. The molecule has 0 saturated carbocycles. The van der Waals surface area contributed by atoms with Crippen LogP contribution in [-0.2, 0) is 0 Å². The van der Waals surface area contributed by atoms with Crippen molar-refractivity contribution in [3.63, 3.8) is 0 Å². The zero-order valence-corrected chi connectivity index (χ0v) is 13.4. The van der Waals surface area contributed by atoms with Gasteiger partial charge in [0.2, 0.25) is 0 Å². The first-order valence-corrected chi connectivity index (χ1v) is 8.02. The maximum Gasteiger partial charge on any atom is 0.255 e. The normalized spacial score (nSPS) is 13.9. The molecule has 1 fully saturated rings. The molecule has 1 amide bonds. The Labute approximate surface area is 140 Å². The Balaban J connectivity index is 1.67. The van der Waals surface area contributed by atoms with Crippen LogP contribution in [0.2, 0.25) is 5.02 Å². The summed E-state index contributed by atoms with van der Waals surface area (Å²) in [5.41, 5.74) is 2.11. The molecule has 1 aliphatic rings. The van der Waals surface area contributed by atoms with Gasteiger partial charge in [-0.3, -0.25) is 10.2 Å². The molecule has 0 radical (unpaired) electrons. The van der Waals surface area contributed by atoms with Gasteiger partial charge in [-0.05, 0) is 49.2 Å². The lowest BCUT2D eigenvalue weighted by Crippen LogP contribution is -2.27. The molecule has 118 valence electrons. The Morgan fingerprint density at radius 3 is 2.13 bits per heavy atom. The van der Waals surface area contributed by atoms with Gasteiger partial charge in [-0.2, -0.15) is 0 Å². The number of rotatable bonds is 3. The third-order valence-electron chi connectivity index (χ3n) is 3.94. The quantitative estimate of drug-likeness (QED) is 0.661. The van der Waals surface area contributed by atoms with E-state index in [0.717, 1.165) is 31.5 Å². The van der Waals surface area contributed by atoms with Crippen molar-refractivity contribution in [2.45, 2.75) is 12.8 Å². The summed E-state index contributed by atoms with van der Waals surface area (Å²) in [7, 11) is 0. The molecule has 0 atom stereocenters. The van der Waals surface area contributed by atoms with Gasteiger partial charge in [0, 0.05) is 34.9 Å². The molecule has 23 heavy (non-hydrogen) atoms. The Kier molecular flexibility index (Phi) is 4.63. The van der Waals surface area contributed by atoms with E-state index in [1.807, 2.05) is 12.1 Å². The molecule has 1 aliphatic heterocycles. The van der Waals surface area contributed by atoms with Gasteiger partial charge >= 0.3 is 0 Å². The Morgan fingerprint density at radius 2 is 1.52 bits per heavy atom. The van der Waals surface area contributed by atoms with Gasteiger partial charge < -0.3 is 10.2 Å². The highest BCUT2D eigenvalue weighted by Gasteiger charge is 2.16. The molecule has 2 N–H and O–H groups in total. The first kappa shape index (κ1) is 15.6. The highest BCUT2D eigenvalue weighted by atomic mass is 35.5. The predicted molar refractivity (Wildman–Crippen MR) is 93.5 cm³/mol. The van der Waals surface area contributed by atoms with E-state index < -0.39 is 0 Å². The summed E-state index contributed by atoms with van der Waals surface area (Å²) in [6.45, 7) is 1.88. The van der Waals surface area contributed by atoms with Gasteiger partial charge in [0.05, 0.1) is 0 Å². The van der Waals surface area contributed by atoms with Crippen LogP contribution in [0.1, 0.15) is 28.8 Å². The number of amidine groups is 1. The molecule has 0 aromatic heterocycles. The van der Waals surface area contributed by atoms with Crippen LogP contribution in [0.15, 0.2) is 48.5 Å². The summed E-state index contributed by atoms with van der Waals surface area (Å²) in [5.74, 6) is 0.360. The lowest BCUT2D eigenvalue weighted by molar-refractivity contribution is 0.102. The van der Waals surface area contributed by atoms with Crippen LogP contribution in [0, 0.1) is 5.41 Å².